The molecule has 0 aliphatic heterocycles. The van der Waals surface area contributed by atoms with Crippen molar-refractivity contribution in [2.45, 2.75) is 0 Å². The number of rotatable bonds is 2. The van der Waals surface area contributed by atoms with E-state index in [0.29, 0.717) is 0 Å². The van der Waals surface area contributed by atoms with E-state index in [1.54, 1.807) is 0 Å². The van der Waals surface area contributed by atoms with Gasteiger partial charge in [-0.1, -0.05) is 18.2 Å². The van der Waals surface area contributed by atoms with E-state index in [4.69, 9.17) is 4.74 Å². The number of hydrogen-bond acceptors (Lipinski definition) is 1. The molecule has 0 spiro atoms. The van der Waals surface area contributed by atoms with Crippen molar-refractivity contribution in [2.24, 2.45) is 0 Å². The fourth-order valence-corrected chi connectivity index (χ4v) is 2.55. The van der Waals surface area contributed by atoms with E-state index in [9.17, 15) is 0 Å². The van der Waals surface area contributed by atoms with Crippen molar-refractivity contribution in [1.29, 1.82) is 0 Å². The maximum Gasteiger partial charge on any atom is 0.141 e. The van der Waals surface area contributed by atoms with Gasteiger partial charge in [-0.05, 0) is 68.9 Å². The summed E-state index contributed by atoms with van der Waals surface area (Å²) < 4.78 is 7.86. The van der Waals surface area contributed by atoms with Crippen molar-refractivity contribution >= 4 is 38.5 Å². The fraction of sp³-hybridized carbons (Fsp3) is 0. The van der Waals surface area contributed by atoms with Crippen LogP contribution in [0.1, 0.15) is 0 Å². The lowest BCUT2D eigenvalue weighted by Crippen LogP contribution is -1.85. The second-order valence-electron chi connectivity index (χ2n) is 2.99. The molecule has 2 aromatic carbocycles. The molecule has 0 atom stereocenters. The average molecular weight is 375 g/mol. The molecule has 0 aliphatic rings. The third kappa shape index (κ3) is 2.95. The summed E-state index contributed by atoms with van der Waals surface area (Å²) in [6.07, 6.45) is 0. The van der Waals surface area contributed by atoms with Gasteiger partial charge in [0.05, 0.1) is 4.47 Å². The Labute approximate surface area is 111 Å². The van der Waals surface area contributed by atoms with Gasteiger partial charge in [-0.15, -0.1) is 0 Å². The van der Waals surface area contributed by atoms with Crippen LogP contribution in [0.5, 0.6) is 11.5 Å². The molecule has 0 saturated heterocycles. The summed E-state index contributed by atoms with van der Waals surface area (Å²) in [5.41, 5.74) is 0. The number of ether oxygens (including phenoxy) is 1. The maximum atomic E-state index is 5.71. The first-order valence-corrected chi connectivity index (χ1v) is 6.31. The van der Waals surface area contributed by atoms with Gasteiger partial charge in [0.2, 0.25) is 0 Å². The normalized spacial score (nSPS) is 10.0. The highest BCUT2D eigenvalue weighted by Gasteiger charge is 2.02. The van der Waals surface area contributed by atoms with Crippen molar-refractivity contribution in [1.82, 2.24) is 0 Å². The van der Waals surface area contributed by atoms with E-state index in [2.05, 4.69) is 38.5 Å². The second kappa shape index (κ2) is 4.99. The molecule has 15 heavy (non-hydrogen) atoms. The van der Waals surface area contributed by atoms with Crippen LogP contribution in [-0.4, -0.2) is 0 Å². The molecule has 0 unspecified atom stereocenters. The Bertz CT molecular complexity index is 456. The zero-order chi connectivity index (χ0) is 10.7. The molecule has 3 heteroatoms. The van der Waals surface area contributed by atoms with Crippen molar-refractivity contribution in [3.63, 3.8) is 0 Å². The van der Waals surface area contributed by atoms with Crippen LogP contribution in [0.4, 0.5) is 0 Å². The van der Waals surface area contributed by atoms with E-state index in [0.717, 1.165) is 16.0 Å². The predicted molar refractivity (Wildman–Crippen MR) is 73.4 cm³/mol. The zero-order valence-electron chi connectivity index (χ0n) is 7.78. The Kier molecular flexibility index (Phi) is 3.64. The van der Waals surface area contributed by atoms with Crippen LogP contribution >= 0.6 is 38.5 Å². The van der Waals surface area contributed by atoms with Crippen LogP contribution in [-0.2, 0) is 0 Å². The molecule has 0 saturated carbocycles. The number of para-hydroxylation sites is 1. The molecular formula is C12H8BrIO. The monoisotopic (exact) mass is 374 g/mol. The Morgan fingerprint density at radius 2 is 1.73 bits per heavy atom. The Hall–Kier alpha value is -0.550. The summed E-state index contributed by atoms with van der Waals surface area (Å²) in [5.74, 6) is 1.68. The third-order valence-electron chi connectivity index (χ3n) is 1.86. The Morgan fingerprint density at radius 3 is 2.40 bits per heavy atom. The summed E-state index contributed by atoms with van der Waals surface area (Å²) >= 11 is 5.74. The van der Waals surface area contributed by atoms with Crippen molar-refractivity contribution in [3.8, 4) is 11.5 Å². The number of hydrogen-bond donors (Lipinski definition) is 0. The van der Waals surface area contributed by atoms with Crippen LogP contribution in [0.25, 0.3) is 0 Å². The second-order valence-corrected chi connectivity index (χ2v) is 5.09. The summed E-state index contributed by atoms with van der Waals surface area (Å²) in [6, 6.07) is 15.7. The van der Waals surface area contributed by atoms with E-state index < -0.39 is 0 Å². The Balaban J connectivity index is 2.25. The van der Waals surface area contributed by atoms with Gasteiger partial charge in [0.1, 0.15) is 11.5 Å². The van der Waals surface area contributed by atoms with E-state index in [-0.39, 0.29) is 0 Å². The van der Waals surface area contributed by atoms with Crippen LogP contribution in [0.3, 0.4) is 0 Å². The molecule has 2 aromatic rings. The molecule has 2 rings (SSSR count). The highest BCUT2D eigenvalue weighted by molar-refractivity contribution is 14.1. The van der Waals surface area contributed by atoms with Crippen molar-refractivity contribution in [2.75, 3.05) is 0 Å². The van der Waals surface area contributed by atoms with Crippen LogP contribution in [0.15, 0.2) is 53.0 Å². The molecule has 1 nitrogen and oxygen atoms in total. The highest BCUT2D eigenvalue weighted by atomic mass is 127. The Morgan fingerprint density at radius 1 is 1.00 bits per heavy atom. The van der Waals surface area contributed by atoms with E-state index >= 15 is 0 Å². The lowest BCUT2D eigenvalue weighted by molar-refractivity contribution is 0.479. The van der Waals surface area contributed by atoms with Gasteiger partial charge >= 0.3 is 0 Å². The third-order valence-corrected chi connectivity index (χ3v) is 3.16. The smallest absolute Gasteiger partial charge is 0.141 e. The summed E-state index contributed by atoms with van der Waals surface area (Å²) in [5, 5.41) is 0. The van der Waals surface area contributed by atoms with E-state index in [1.807, 2.05) is 48.5 Å². The molecule has 0 fully saturated rings. The van der Waals surface area contributed by atoms with Gasteiger partial charge in [-0.3, -0.25) is 0 Å². The SMILES string of the molecule is Brc1cc(I)ccc1Oc1ccccc1. The first kappa shape index (κ1) is 11.0. The average Bonchev–Trinajstić information content (AvgIpc) is 2.24. The standard InChI is InChI=1S/C12H8BrIO/c13-11-8-9(14)6-7-12(11)15-10-4-2-1-3-5-10/h1-8H. The van der Waals surface area contributed by atoms with Gasteiger partial charge in [-0.25, -0.2) is 0 Å². The largest absolute Gasteiger partial charge is 0.456 e. The quantitative estimate of drug-likeness (QED) is 0.683. The maximum absolute atomic E-state index is 5.71. The van der Waals surface area contributed by atoms with Crippen LogP contribution in [0, 0.1) is 3.57 Å². The minimum atomic E-state index is 0.835. The molecule has 0 heterocycles. The van der Waals surface area contributed by atoms with Crippen molar-refractivity contribution < 1.29 is 4.74 Å². The van der Waals surface area contributed by atoms with E-state index in [1.165, 1.54) is 3.57 Å². The summed E-state index contributed by atoms with van der Waals surface area (Å²) in [4.78, 5) is 0. The van der Waals surface area contributed by atoms with Gasteiger partial charge in [0, 0.05) is 3.57 Å². The molecule has 0 bridgehead atoms. The van der Waals surface area contributed by atoms with Crippen molar-refractivity contribution in [3.05, 3.63) is 56.6 Å². The van der Waals surface area contributed by atoms with Gasteiger partial charge in [0.15, 0.2) is 0 Å². The van der Waals surface area contributed by atoms with Crippen LogP contribution < -0.4 is 4.74 Å². The first-order valence-electron chi connectivity index (χ1n) is 4.43. The lowest BCUT2D eigenvalue weighted by atomic mass is 10.3. The molecule has 0 aromatic heterocycles. The first-order chi connectivity index (χ1) is 7.25. The molecule has 76 valence electrons. The fourth-order valence-electron chi connectivity index (χ4n) is 1.17. The minimum Gasteiger partial charge on any atom is -0.456 e. The highest BCUT2D eigenvalue weighted by Crippen LogP contribution is 2.30. The zero-order valence-corrected chi connectivity index (χ0v) is 11.5. The minimum absolute atomic E-state index is 0.835. The van der Waals surface area contributed by atoms with Crippen LogP contribution in [0.2, 0.25) is 0 Å². The predicted octanol–water partition coefficient (Wildman–Crippen LogP) is 4.85. The molecule has 0 amide bonds. The van der Waals surface area contributed by atoms with Gasteiger partial charge < -0.3 is 4.74 Å². The number of benzene rings is 2. The molecule has 0 aliphatic carbocycles. The molecule has 0 radical (unpaired) electrons. The topological polar surface area (TPSA) is 9.23 Å². The lowest BCUT2D eigenvalue weighted by Gasteiger charge is -2.07. The van der Waals surface area contributed by atoms with Gasteiger partial charge in [-0.2, -0.15) is 0 Å². The van der Waals surface area contributed by atoms with Gasteiger partial charge in [0.25, 0.3) is 0 Å². The molecular weight excluding hydrogens is 367 g/mol. The summed E-state index contributed by atoms with van der Waals surface area (Å²) in [7, 11) is 0. The summed E-state index contributed by atoms with van der Waals surface area (Å²) in [6.45, 7) is 0. The number of halogens is 2. The molecule has 0 N–H and O–H groups in total.